The Kier molecular flexibility index (Phi) is 6.11. The van der Waals surface area contributed by atoms with Crippen molar-refractivity contribution in [3.63, 3.8) is 0 Å². The fourth-order valence-electron chi connectivity index (χ4n) is 4.81. The van der Waals surface area contributed by atoms with Crippen molar-refractivity contribution in [3.05, 3.63) is 95.4 Å². The summed E-state index contributed by atoms with van der Waals surface area (Å²) in [5, 5.41) is 1.13. The first-order valence-electron chi connectivity index (χ1n) is 11.6. The van der Waals surface area contributed by atoms with Gasteiger partial charge in [-0.2, -0.15) is 0 Å². The van der Waals surface area contributed by atoms with Crippen LogP contribution in [0.4, 0.5) is 0 Å². The maximum absolute atomic E-state index is 13.1. The van der Waals surface area contributed by atoms with Gasteiger partial charge in [0.15, 0.2) is 0 Å². The number of rotatable bonds is 6. The molecule has 0 radical (unpaired) electrons. The number of carbonyl (C=O) groups is 1. The number of amides is 1. The van der Waals surface area contributed by atoms with Gasteiger partial charge in [0, 0.05) is 53.9 Å². The monoisotopic (exact) mass is 439 g/mol. The first-order valence-corrected chi connectivity index (χ1v) is 11.6. The maximum atomic E-state index is 13.1. The van der Waals surface area contributed by atoms with E-state index in [1.165, 1.54) is 5.56 Å². The molecule has 2 aromatic heterocycles. The Hall–Kier alpha value is -3.60. The lowest BCUT2D eigenvalue weighted by molar-refractivity contribution is -0.131. The van der Waals surface area contributed by atoms with Crippen molar-refractivity contribution >= 4 is 16.8 Å². The fourth-order valence-corrected chi connectivity index (χ4v) is 4.81. The van der Waals surface area contributed by atoms with Gasteiger partial charge in [0.05, 0.1) is 13.5 Å². The molecule has 4 aromatic rings. The van der Waals surface area contributed by atoms with Gasteiger partial charge in [0.1, 0.15) is 5.75 Å². The van der Waals surface area contributed by atoms with Gasteiger partial charge in [0.2, 0.25) is 5.91 Å². The van der Waals surface area contributed by atoms with Crippen molar-refractivity contribution in [2.45, 2.75) is 31.6 Å². The molecule has 1 aliphatic rings. The summed E-state index contributed by atoms with van der Waals surface area (Å²) in [7, 11) is 1.69. The van der Waals surface area contributed by atoms with Gasteiger partial charge in [-0.25, -0.2) is 0 Å². The van der Waals surface area contributed by atoms with E-state index in [0.29, 0.717) is 6.42 Å². The third-order valence-corrected chi connectivity index (χ3v) is 6.56. The molecule has 3 heterocycles. The summed E-state index contributed by atoms with van der Waals surface area (Å²) in [4.78, 5) is 23.4. The predicted molar refractivity (Wildman–Crippen MR) is 131 cm³/mol. The molecule has 33 heavy (non-hydrogen) atoms. The van der Waals surface area contributed by atoms with Crippen LogP contribution in [0.25, 0.3) is 10.9 Å². The van der Waals surface area contributed by atoms with Crippen LogP contribution in [-0.4, -0.2) is 41.0 Å². The summed E-state index contributed by atoms with van der Waals surface area (Å²) in [5.74, 6) is 1.33. The molecule has 1 unspecified atom stereocenters. The van der Waals surface area contributed by atoms with E-state index in [1.807, 2.05) is 41.4 Å². The van der Waals surface area contributed by atoms with E-state index in [2.05, 4.69) is 41.4 Å². The average Bonchev–Trinajstić information content (AvgIpc) is 3.27. The molecule has 1 amide bonds. The number of fused-ring (bicyclic) bond motifs is 1. The molecule has 1 atom stereocenters. The molecule has 5 nitrogen and oxygen atoms in total. The van der Waals surface area contributed by atoms with Gasteiger partial charge in [-0.15, -0.1) is 0 Å². The summed E-state index contributed by atoms with van der Waals surface area (Å²) < 4.78 is 5.35. The van der Waals surface area contributed by atoms with Crippen LogP contribution in [0.15, 0.2) is 72.9 Å². The zero-order chi connectivity index (χ0) is 22.6. The van der Waals surface area contributed by atoms with Crippen LogP contribution in [-0.2, 0) is 17.6 Å². The molecule has 0 aliphatic carbocycles. The fraction of sp³-hybridized carbons (Fsp3) is 0.286. The van der Waals surface area contributed by atoms with Crippen molar-refractivity contribution in [3.8, 4) is 5.75 Å². The Morgan fingerprint density at radius 2 is 2.00 bits per heavy atom. The quantitative estimate of drug-likeness (QED) is 0.454. The Morgan fingerprint density at radius 1 is 1.12 bits per heavy atom. The number of benzene rings is 2. The third-order valence-electron chi connectivity index (χ3n) is 6.56. The summed E-state index contributed by atoms with van der Waals surface area (Å²) in [6.07, 6.45) is 5.23. The minimum atomic E-state index is 0.192. The smallest absolute Gasteiger partial charge is 0.227 e. The molecule has 0 spiro atoms. The first-order chi connectivity index (χ1) is 16.2. The van der Waals surface area contributed by atoms with Gasteiger partial charge >= 0.3 is 0 Å². The van der Waals surface area contributed by atoms with E-state index >= 15 is 0 Å². The number of nitrogens with one attached hydrogen (secondary N) is 1. The molecule has 0 saturated carbocycles. The Labute approximate surface area is 194 Å². The third kappa shape index (κ3) is 4.77. The van der Waals surface area contributed by atoms with Crippen LogP contribution in [0, 0.1) is 0 Å². The van der Waals surface area contributed by atoms with Gasteiger partial charge in [-0.05, 0) is 54.3 Å². The van der Waals surface area contributed by atoms with Crippen molar-refractivity contribution in [2.75, 3.05) is 20.2 Å². The highest BCUT2D eigenvalue weighted by Gasteiger charge is 2.26. The Morgan fingerprint density at radius 3 is 2.91 bits per heavy atom. The molecule has 1 aliphatic heterocycles. The molecule has 1 saturated heterocycles. The van der Waals surface area contributed by atoms with Crippen molar-refractivity contribution < 1.29 is 9.53 Å². The predicted octanol–water partition coefficient (Wildman–Crippen LogP) is 5.11. The number of ether oxygens (including phenoxy) is 1. The average molecular weight is 440 g/mol. The minimum Gasteiger partial charge on any atom is -0.497 e. The minimum absolute atomic E-state index is 0.192. The van der Waals surface area contributed by atoms with E-state index in [0.717, 1.165) is 66.0 Å². The number of hydrogen-bond donors (Lipinski definition) is 1. The number of para-hydroxylation sites is 1. The van der Waals surface area contributed by atoms with E-state index < -0.39 is 0 Å². The highest BCUT2D eigenvalue weighted by Crippen LogP contribution is 2.27. The lowest BCUT2D eigenvalue weighted by Gasteiger charge is -2.32. The zero-order valence-corrected chi connectivity index (χ0v) is 19.0. The van der Waals surface area contributed by atoms with E-state index in [9.17, 15) is 4.79 Å². The number of likely N-dealkylation sites (tertiary alicyclic amines) is 1. The number of aromatic nitrogens is 2. The molecular formula is C28H29N3O2. The van der Waals surface area contributed by atoms with Gasteiger partial charge in [-0.1, -0.05) is 36.4 Å². The first kappa shape index (κ1) is 21.3. The summed E-state index contributed by atoms with van der Waals surface area (Å²) in [5.41, 5.74) is 5.45. The number of piperidine rings is 1. The highest BCUT2D eigenvalue weighted by molar-refractivity contribution is 5.88. The van der Waals surface area contributed by atoms with Crippen molar-refractivity contribution in [1.29, 1.82) is 0 Å². The second-order valence-corrected chi connectivity index (χ2v) is 8.80. The lowest BCUT2D eigenvalue weighted by atomic mass is 9.93. The largest absolute Gasteiger partial charge is 0.497 e. The number of nitrogens with zero attached hydrogens (tertiary/aromatic N) is 2. The molecule has 5 rings (SSSR count). The zero-order valence-electron chi connectivity index (χ0n) is 19.0. The number of carbonyl (C=O) groups excluding carboxylic acids is 1. The van der Waals surface area contributed by atoms with Gasteiger partial charge in [0.25, 0.3) is 0 Å². The standard InChI is InChI=1S/C28H29N3O2/c1-33-24-10-4-7-20(16-24)15-23-9-5-13-26(30-23)21-8-6-14-31(19-21)28(32)17-22-18-29-27-12-3-2-11-25(22)27/h2-5,7,9-13,16,18,21,29H,6,8,14-15,17,19H2,1H3. The van der Waals surface area contributed by atoms with Crippen LogP contribution >= 0.6 is 0 Å². The topological polar surface area (TPSA) is 58.2 Å². The molecule has 2 aromatic carbocycles. The molecule has 5 heteroatoms. The Balaban J connectivity index is 1.27. The lowest BCUT2D eigenvalue weighted by Crippen LogP contribution is -2.40. The van der Waals surface area contributed by atoms with Crippen LogP contribution in [0.1, 0.15) is 41.3 Å². The SMILES string of the molecule is COc1cccc(Cc2cccc(C3CCCN(C(=O)Cc4c[nH]c5ccccc45)C3)n2)c1. The van der Waals surface area contributed by atoms with Gasteiger partial charge in [-0.3, -0.25) is 9.78 Å². The van der Waals surface area contributed by atoms with Crippen molar-refractivity contribution in [1.82, 2.24) is 14.9 Å². The van der Waals surface area contributed by atoms with Crippen LogP contribution in [0.5, 0.6) is 5.75 Å². The second kappa shape index (κ2) is 9.49. The summed E-state index contributed by atoms with van der Waals surface area (Å²) in [6.45, 7) is 1.55. The van der Waals surface area contributed by atoms with E-state index in [-0.39, 0.29) is 11.8 Å². The number of pyridine rings is 1. The van der Waals surface area contributed by atoms with Crippen molar-refractivity contribution in [2.24, 2.45) is 0 Å². The van der Waals surface area contributed by atoms with Gasteiger partial charge < -0.3 is 14.6 Å². The summed E-state index contributed by atoms with van der Waals surface area (Å²) >= 11 is 0. The number of aromatic amines is 1. The second-order valence-electron chi connectivity index (χ2n) is 8.80. The van der Waals surface area contributed by atoms with Crippen LogP contribution in [0.3, 0.4) is 0 Å². The number of hydrogen-bond acceptors (Lipinski definition) is 3. The molecular weight excluding hydrogens is 410 g/mol. The molecule has 168 valence electrons. The Bertz CT molecular complexity index is 1260. The summed E-state index contributed by atoms with van der Waals surface area (Å²) in [6, 6.07) is 22.5. The highest BCUT2D eigenvalue weighted by atomic mass is 16.5. The number of H-pyrrole nitrogens is 1. The molecule has 1 N–H and O–H groups in total. The molecule has 1 fully saturated rings. The van der Waals surface area contributed by atoms with Crippen LogP contribution in [0.2, 0.25) is 0 Å². The van der Waals surface area contributed by atoms with Crippen LogP contribution < -0.4 is 4.74 Å². The number of methoxy groups -OCH3 is 1. The maximum Gasteiger partial charge on any atom is 0.227 e. The normalized spacial score (nSPS) is 16.2. The molecule has 0 bridgehead atoms. The van der Waals surface area contributed by atoms with E-state index in [4.69, 9.17) is 9.72 Å². The van der Waals surface area contributed by atoms with E-state index in [1.54, 1.807) is 7.11 Å².